The predicted molar refractivity (Wildman–Crippen MR) is 101 cm³/mol. The maximum Gasteiger partial charge on any atom is 0.259 e. The number of para-hydroxylation sites is 1. The van der Waals surface area contributed by atoms with Gasteiger partial charge in [-0.05, 0) is 48.9 Å². The normalized spacial score (nSPS) is 10.2. The Balaban J connectivity index is 1.86. The highest BCUT2D eigenvalue weighted by Gasteiger charge is 2.13. The number of aryl methyl sites for hydroxylation is 1. The van der Waals surface area contributed by atoms with Crippen LogP contribution in [0, 0.1) is 6.92 Å². The third-order valence-corrected chi connectivity index (χ3v) is 4.03. The molecule has 2 aromatic carbocycles. The number of carbonyl (C=O) groups is 1. The van der Waals surface area contributed by atoms with E-state index in [9.17, 15) is 4.79 Å². The second-order valence-corrected chi connectivity index (χ2v) is 6.22. The first-order chi connectivity index (χ1) is 11.6. The molecular formula is C19H16BrN3O. The molecule has 0 saturated carbocycles. The smallest absolute Gasteiger partial charge is 0.259 e. The number of nitrogens with one attached hydrogen (secondary N) is 2. The number of carbonyl (C=O) groups excluding carboxylic acids is 1. The number of nitrogens with zero attached hydrogens (tertiary/aromatic N) is 1. The fourth-order valence-electron chi connectivity index (χ4n) is 2.29. The maximum atomic E-state index is 12.6. The van der Waals surface area contributed by atoms with Gasteiger partial charge in [-0.15, -0.1) is 0 Å². The van der Waals surface area contributed by atoms with Gasteiger partial charge in [0.2, 0.25) is 0 Å². The highest BCUT2D eigenvalue weighted by atomic mass is 79.9. The van der Waals surface area contributed by atoms with Crippen LogP contribution in [-0.2, 0) is 0 Å². The van der Waals surface area contributed by atoms with Gasteiger partial charge < -0.3 is 10.6 Å². The van der Waals surface area contributed by atoms with E-state index in [4.69, 9.17) is 0 Å². The van der Waals surface area contributed by atoms with Crippen LogP contribution in [0.15, 0.2) is 71.3 Å². The van der Waals surface area contributed by atoms with Crippen molar-refractivity contribution >= 4 is 39.0 Å². The number of hydrogen-bond donors (Lipinski definition) is 2. The molecule has 0 aliphatic rings. The number of halogens is 1. The maximum absolute atomic E-state index is 12.6. The highest BCUT2D eigenvalue weighted by Crippen LogP contribution is 2.23. The molecule has 0 atom stereocenters. The fourth-order valence-corrected chi connectivity index (χ4v) is 2.69. The van der Waals surface area contributed by atoms with E-state index in [1.54, 1.807) is 18.3 Å². The summed E-state index contributed by atoms with van der Waals surface area (Å²) in [5, 5.41) is 6.13. The van der Waals surface area contributed by atoms with Crippen LogP contribution in [0.4, 0.5) is 17.2 Å². The highest BCUT2D eigenvalue weighted by molar-refractivity contribution is 9.10. The molecule has 4 nitrogen and oxygen atoms in total. The number of aromatic nitrogens is 1. The lowest BCUT2D eigenvalue weighted by atomic mass is 10.2. The van der Waals surface area contributed by atoms with E-state index < -0.39 is 0 Å². The zero-order chi connectivity index (χ0) is 16.9. The minimum absolute atomic E-state index is 0.211. The van der Waals surface area contributed by atoms with Gasteiger partial charge in [-0.2, -0.15) is 0 Å². The molecule has 0 fully saturated rings. The van der Waals surface area contributed by atoms with E-state index >= 15 is 0 Å². The van der Waals surface area contributed by atoms with Gasteiger partial charge in [0, 0.05) is 22.0 Å². The summed E-state index contributed by atoms with van der Waals surface area (Å²) < 4.78 is 0.907. The Morgan fingerprint density at radius 1 is 1.04 bits per heavy atom. The van der Waals surface area contributed by atoms with Gasteiger partial charge in [0.25, 0.3) is 5.91 Å². The molecule has 1 heterocycles. The van der Waals surface area contributed by atoms with Crippen LogP contribution in [0.1, 0.15) is 15.9 Å². The molecule has 1 aromatic heterocycles. The van der Waals surface area contributed by atoms with Crippen LogP contribution < -0.4 is 10.6 Å². The van der Waals surface area contributed by atoms with E-state index in [0.29, 0.717) is 11.4 Å². The molecule has 24 heavy (non-hydrogen) atoms. The van der Waals surface area contributed by atoms with Crippen molar-refractivity contribution in [2.75, 3.05) is 10.6 Å². The summed E-state index contributed by atoms with van der Waals surface area (Å²) >= 11 is 3.40. The fraction of sp³-hybridized carbons (Fsp3) is 0.0526. The van der Waals surface area contributed by atoms with Gasteiger partial charge in [0.15, 0.2) is 0 Å². The number of hydrogen-bond acceptors (Lipinski definition) is 3. The Morgan fingerprint density at radius 3 is 2.67 bits per heavy atom. The summed E-state index contributed by atoms with van der Waals surface area (Å²) in [6.07, 6.45) is 1.66. The van der Waals surface area contributed by atoms with Crippen LogP contribution in [0.5, 0.6) is 0 Å². The summed E-state index contributed by atoms with van der Waals surface area (Å²) in [4.78, 5) is 16.9. The Bertz CT molecular complexity index is 880. The third-order valence-electron chi connectivity index (χ3n) is 3.53. The second-order valence-electron chi connectivity index (χ2n) is 5.30. The van der Waals surface area contributed by atoms with Crippen LogP contribution >= 0.6 is 15.9 Å². The monoisotopic (exact) mass is 381 g/mol. The zero-order valence-corrected chi connectivity index (χ0v) is 14.7. The minimum Gasteiger partial charge on any atom is -0.339 e. The lowest BCUT2D eigenvalue weighted by Crippen LogP contribution is -2.14. The van der Waals surface area contributed by atoms with Crippen molar-refractivity contribution in [3.63, 3.8) is 0 Å². The Kier molecular flexibility index (Phi) is 4.91. The number of pyridine rings is 1. The van der Waals surface area contributed by atoms with E-state index in [1.165, 1.54) is 0 Å². The number of rotatable bonds is 4. The molecule has 3 rings (SSSR count). The predicted octanol–water partition coefficient (Wildman–Crippen LogP) is 5.15. The Hall–Kier alpha value is -2.66. The molecule has 0 saturated heterocycles. The molecule has 0 radical (unpaired) electrons. The molecule has 120 valence electrons. The summed E-state index contributed by atoms with van der Waals surface area (Å²) in [5.74, 6) is 0.316. The van der Waals surface area contributed by atoms with Crippen molar-refractivity contribution in [2.24, 2.45) is 0 Å². The lowest BCUT2D eigenvalue weighted by Gasteiger charge is -2.13. The SMILES string of the molecule is Cc1ccccc1Nc1ncccc1C(=O)Nc1cccc(Br)c1. The van der Waals surface area contributed by atoms with Gasteiger partial charge in [0.05, 0.1) is 5.56 Å². The van der Waals surface area contributed by atoms with Crippen molar-refractivity contribution in [1.29, 1.82) is 0 Å². The number of anilines is 3. The Morgan fingerprint density at radius 2 is 1.88 bits per heavy atom. The van der Waals surface area contributed by atoms with Crippen molar-refractivity contribution in [3.05, 3.63) is 82.5 Å². The van der Waals surface area contributed by atoms with Gasteiger partial charge >= 0.3 is 0 Å². The first kappa shape index (κ1) is 16.2. The quantitative estimate of drug-likeness (QED) is 0.656. The minimum atomic E-state index is -0.211. The van der Waals surface area contributed by atoms with Crippen molar-refractivity contribution in [2.45, 2.75) is 6.92 Å². The standard InChI is InChI=1S/C19H16BrN3O/c1-13-6-2-3-10-17(13)23-18-16(9-5-11-21-18)19(24)22-15-8-4-7-14(20)12-15/h2-12H,1H3,(H,21,23)(H,22,24). The average molecular weight is 382 g/mol. The van der Waals surface area contributed by atoms with Crippen LogP contribution in [0.25, 0.3) is 0 Å². The lowest BCUT2D eigenvalue weighted by molar-refractivity contribution is 0.102. The molecule has 0 aliphatic carbocycles. The van der Waals surface area contributed by atoms with Gasteiger partial charge in [0.1, 0.15) is 5.82 Å². The zero-order valence-electron chi connectivity index (χ0n) is 13.1. The van der Waals surface area contributed by atoms with E-state index in [2.05, 4.69) is 31.5 Å². The molecule has 0 aliphatic heterocycles. The van der Waals surface area contributed by atoms with Gasteiger partial charge in [-0.3, -0.25) is 4.79 Å². The molecule has 1 amide bonds. The van der Waals surface area contributed by atoms with Gasteiger partial charge in [-0.1, -0.05) is 40.2 Å². The third kappa shape index (κ3) is 3.81. The summed E-state index contributed by atoms with van der Waals surface area (Å²) in [6.45, 7) is 2.01. The molecular weight excluding hydrogens is 366 g/mol. The summed E-state index contributed by atoms with van der Waals surface area (Å²) in [5.41, 5.74) is 3.22. The number of benzene rings is 2. The van der Waals surface area contributed by atoms with E-state index in [1.807, 2.05) is 55.5 Å². The topological polar surface area (TPSA) is 54.0 Å². The van der Waals surface area contributed by atoms with E-state index in [-0.39, 0.29) is 5.91 Å². The largest absolute Gasteiger partial charge is 0.339 e. The molecule has 0 bridgehead atoms. The average Bonchev–Trinajstić information content (AvgIpc) is 2.57. The second kappa shape index (κ2) is 7.27. The van der Waals surface area contributed by atoms with Crippen LogP contribution in [0.3, 0.4) is 0 Å². The van der Waals surface area contributed by atoms with Crippen molar-refractivity contribution in [1.82, 2.24) is 4.98 Å². The van der Waals surface area contributed by atoms with E-state index in [0.717, 1.165) is 21.4 Å². The molecule has 0 spiro atoms. The van der Waals surface area contributed by atoms with Crippen molar-refractivity contribution < 1.29 is 4.79 Å². The summed E-state index contributed by atoms with van der Waals surface area (Å²) in [6, 6.07) is 18.8. The first-order valence-corrected chi connectivity index (χ1v) is 8.27. The first-order valence-electron chi connectivity index (χ1n) is 7.48. The van der Waals surface area contributed by atoms with Crippen LogP contribution in [-0.4, -0.2) is 10.9 Å². The van der Waals surface area contributed by atoms with Gasteiger partial charge in [-0.25, -0.2) is 4.98 Å². The van der Waals surface area contributed by atoms with Crippen LogP contribution in [0.2, 0.25) is 0 Å². The van der Waals surface area contributed by atoms with Crippen molar-refractivity contribution in [3.8, 4) is 0 Å². The Labute approximate surface area is 149 Å². The molecule has 3 aromatic rings. The molecule has 0 unspecified atom stereocenters. The molecule has 2 N–H and O–H groups in total. The molecule has 5 heteroatoms. The number of amides is 1. The summed E-state index contributed by atoms with van der Waals surface area (Å²) in [7, 11) is 0.